The fourth-order valence-electron chi connectivity index (χ4n) is 2.27. The summed E-state index contributed by atoms with van der Waals surface area (Å²) < 4.78 is 0. The third kappa shape index (κ3) is 3.06. The van der Waals surface area contributed by atoms with Crippen LogP contribution in [0.15, 0.2) is 29.2 Å². The Balaban J connectivity index is 1.70. The number of rotatable bonds is 5. The molecule has 0 radical (unpaired) electrons. The van der Waals surface area contributed by atoms with E-state index in [-0.39, 0.29) is 11.7 Å². The zero-order valence-corrected chi connectivity index (χ0v) is 12.9. The highest BCUT2D eigenvalue weighted by Crippen LogP contribution is 2.19. The van der Waals surface area contributed by atoms with Crippen molar-refractivity contribution >= 4 is 22.4 Å². The Hall–Kier alpha value is -1.92. The molecule has 1 aromatic carbocycles. The number of benzene rings is 1. The molecule has 0 aliphatic carbocycles. The molecule has 0 fully saturated rings. The highest BCUT2D eigenvalue weighted by atomic mass is 32.1. The summed E-state index contributed by atoms with van der Waals surface area (Å²) in [6.45, 7) is 5.01. The Kier molecular flexibility index (Phi) is 3.90. The second-order valence-corrected chi connectivity index (χ2v) is 6.26. The van der Waals surface area contributed by atoms with E-state index in [0.717, 1.165) is 34.6 Å². The molecule has 0 saturated carbocycles. The first-order valence-corrected chi connectivity index (χ1v) is 7.86. The van der Waals surface area contributed by atoms with Crippen LogP contribution in [0.4, 0.5) is 0 Å². The molecule has 5 nitrogen and oxygen atoms in total. The van der Waals surface area contributed by atoms with Crippen LogP contribution in [0.5, 0.6) is 0 Å². The van der Waals surface area contributed by atoms with E-state index in [1.165, 1.54) is 4.88 Å². The number of imidazole rings is 1. The number of hydrogen-bond donors (Lipinski definition) is 3. The van der Waals surface area contributed by atoms with Crippen molar-refractivity contribution in [1.82, 2.24) is 20.3 Å². The molecule has 0 aliphatic heterocycles. The number of H-pyrrole nitrogens is 2. The topological polar surface area (TPSA) is 73.6 Å². The van der Waals surface area contributed by atoms with Gasteiger partial charge in [0.2, 0.25) is 0 Å². The number of nitrogens with zero attached hydrogens (tertiary/aromatic N) is 1. The Morgan fingerprint density at radius 1 is 1.33 bits per heavy atom. The molecule has 0 spiro atoms. The van der Waals surface area contributed by atoms with Gasteiger partial charge >= 0.3 is 5.69 Å². The van der Waals surface area contributed by atoms with Crippen LogP contribution in [-0.2, 0) is 13.0 Å². The van der Waals surface area contributed by atoms with Gasteiger partial charge in [0.1, 0.15) is 5.01 Å². The van der Waals surface area contributed by atoms with Gasteiger partial charge in [0.15, 0.2) is 0 Å². The molecule has 2 aromatic heterocycles. The molecule has 6 heteroatoms. The van der Waals surface area contributed by atoms with Crippen LogP contribution in [0.25, 0.3) is 11.0 Å². The summed E-state index contributed by atoms with van der Waals surface area (Å²) in [6.07, 6.45) is 2.98. The molecule has 21 heavy (non-hydrogen) atoms. The van der Waals surface area contributed by atoms with Gasteiger partial charge in [-0.25, -0.2) is 9.78 Å². The van der Waals surface area contributed by atoms with Crippen LogP contribution < -0.4 is 11.0 Å². The molecule has 0 saturated heterocycles. The minimum absolute atomic E-state index is 0.169. The maximum Gasteiger partial charge on any atom is 0.323 e. The molecule has 2 heterocycles. The third-order valence-corrected chi connectivity index (χ3v) is 4.69. The summed E-state index contributed by atoms with van der Waals surface area (Å²) in [7, 11) is 0. The van der Waals surface area contributed by atoms with Gasteiger partial charge in [-0.3, -0.25) is 0 Å². The maximum atomic E-state index is 11.3. The zero-order chi connectivity index (χ0) is 14.8. The number of thiazole rings is 1. The average Bonchev–Trinajstić information content (AvgIpc) is 3.08. The number of hydrogen-bond acceptors (Lipinski definition) is 4. The van der Waals surface area contributed by atoms with Crippen LogP contribution in [-0.4, -0.2) is 15.0 Å². The van der Waals surface area contributed by atoms with Gasteiger partial charge in [0, 0.05) is 23.7 Å². The minimum atomic E-state index is -0.169. The number of aromatic nitrogens is 3. The van der Waals surface area contributed by atoms with E-state index >= 15 is 0 Å². The molecule has 3 N–H and O–H groups in total. The van der Waals surface area contributed by atoms with Gasteiger partial charge in [0.05, 0.1) is 11.0 Å². The first kappa shape index (κ1) is 14.0. The Morgan fingerprint density at radius 3 is 2.90 bits per heavy atom. The molecule has 110 valence electrons. The predicted octanol–water partition coefficient (Wildman–Crippen LogP) is 2.73. The van der Waals surface area contributed by atoms with E-state index in [1.54, 1.807) is 11.3 Å². The second kappa shape index (κ2) is 5.83. The smallest absolute Gasteiger partial charge is 0.306 e. The lowest BCUT2D eigenvalue weighted by Gasteiger charge is -2.13. The van der Waals surface area contributed by atoms with E-state index in [9.17, 15) is 4.79 Å². The number of nitrogens with one attached hydrogen (secondary N) is 3. The zero-order valence-electron chi connectivity index (χ0n) is 12.1. The predicted molar refractivity (Wildman–Crippen MR) is 85.7 cm³/mol. The second-order valence-electron chi connectivity index (χ2n) is 5.06. The maximum absolute atomic E-state index is 11.3. The fraction of sp³-hybridized carbons (Fsp3) is 0.333. The van der Waals surface area contributed by atoms with E-state index < -0.39 is 0 Å². The molecule has 1 unspecified atom stereocenters. The normalized spacial score (nSPS) is 12.9. The van der Waals surface area contributed by atoms with Gasteiger partial charge in [-0.1, -0.05) is 13.0 Å². The molecule has 0 amide bonds. The molecule has 3 aromatic rings. The van der Waals surface area contributed by atoms with Crippen molar-refractivity contribution < 1.29 is 0 Å². The van der Waals surface area contributed by atoms with Crippen molar-refractivity contribution in [3.05, 3.63) is 50.3 Å². The van der Waals surface area contributed by atoms with Crippen molar-refractivity contribution in [1.29, 1.82) is 0 Å². The van der Waals surface area contributed by atoms with Gasteiger partial charge < -0.3 is 15.3 Å². The van der Waals surface area contributed by atoms with Crippen LogP contribution >= 0.6 is 11.3 Å². The van der Waals surface area contributed by atoms with Gasteiger partial charge in [0.25, 0.3) is 0 Å². The standard InChI is InChI=1S/C15H18N4OS/c1-3-11-7-17-14(21-11)8-16-9(2)10-4-5-12-13(6-10)19-15(20)18-12/h4-7,9,16H,3,8H2,1-2H3,(H2,18,19,20). The van der Waals surface area contributed by atoms with Gasteiger partial charge in [-0.05, 0) is 31.0 Å². The Labute approximate surface area is 126 Å². The van der Waals surface area contributed by atoms with Crippen molar-refractivity contribution in [2.24, 2.45) is 0 Å². The van der Waals surface area contributed by atoms with Crippen LogP contribution in [0.3, 0.4) is 0 Å². The largest absolute Gasteiger partial charge is 0.323 e. The van der Waals surface area contributed by atoms with Crippen molar-refractivity contribution in [3.63, 3.8) is 0 Å². The van der Waals surface area contributed by atoms with Crippen molar-refractivity contribution in [3.8, 4) is 0 Å². The van der Waals surface area contributed by atoms with Gasteiger partial charge in [-0.15, -0.1) is 11.3 Å². The lowest BCUT2D eigenvalue weighted by molar-refractivity contribution is 0.573. The van der Waals surface area contributed by atoms with E-state index in [2.05, 4.69) is 34.1 Å². The molecule has 0 aliphatic rings. The monoisotopic (exact) mass is 302 g/mol. The van der Waals surface area contributed by atoms with E-state index in [4.69, 9.17) is 0 Å². The summed E-state index contributed by atoms with van der Waals surface area (Å²) in [5, 5.41) is 4.58. The highest BCUT2D eigenvalue weighted by molar-refractivity contribution is 7.11. The quantitative estimate of drug-likeness (QED) is 0.678. The van der Waals surface area contributed by atoms with Gasteiger partial charge in [-0.2, -0.15) is 0 Å². The molecule has 0 bridgehead atoms. The van der Waals surface area contributed by atoms with Crippen LogP contribution in [0, 0.1) is 0 Å². The molecule has 1 atom stereocenters. The van der Waals surface area contributed by atoms with E-state index in [1.807, 2.05) is 24.4 Å². The molecular formula is C15H18N4OS. The lowest BCUT2D eigenvalue weighted by atomic mass is 10.1. The minimum Gasteiger partial charge on any atom is -0.306 e. The Bertz CT molecular complexity index is 801. The fourth-order valence-corrected chi connectivity index (χ4v) is 3.08. The highest BCUT2D eigenvalue weighted by Gasteiger charge is 2.08. The Morgan fingerprint density at radius 2 is 2.14 bits per heavy atom. The summed E-state index contributed by atoms with van der Waals surface area (Å²) in [6, 6.07) is 6.16. The first-order chi connectivity index (χ1) is 10.2. The van der Waals surface area contributed by atoms with Crippen LogP contribution in [0.2, 0.25) is 0 Å². The SMILES string of the molecule is CCc1cnc(CNC(C)c2ccc3[nH]c(=O)[nH]c3c2)s1. The summed E-state index contributed by atoms with van der Waals surface area (Å²) >= 11 is 1.75. The third-order valence-electron chi connectivity index (χ3n) is 3.55. The number of aryl methyl sites for hydroxylation is 1. The van der Waals surface area contributed by atoms with E-state index in [0.29, 0.717) is 0 Å². The summed E-state index contributed by atoms with van der Waals surface area (Å²) in [5.41, 5.74) is 2.65. The summed E-state index contributed by atoms with van der Waals surface area (Å²) in [4.78, 5) is 22.5. The van der Waals surface area contributed by atoms with Crippen molar-refractivity contribution in [2.45, 2.75) is 32.9 Å². The van der Waals surface area contributed by atoms with Crippen LogP contribution in [0.1, 0.15) is 35.3 Å². The first-order valence-electron chi connectivity index (χ1n) is 7.04. The lowest BCUT2D eigenvalue weighted by Crippen LogP contribution is -2.17. The number of aromatic amines is 2. The molecule has 3 rings (SSSR count). The van der Waals surface area contributed by atoms with Crippen molar-refractivity contribution in [2.75, 3.05) is 0 Å². The average molecular weight is 302 g/mol. The molecular weight excluding hydrogens is 284 g/mol. The summed E-state index contributed by atoms with van der Waals surface area (Å²) in [5.74, 6) is 0. The number of fused-ring (bicyclic) bond motifs is 1.